The molecule has 0 saturated carbocycles. The summed E-state index contributed by atoms with van der Waals surface area (Å²) in [4.78, 5) is 22.9. The fourth-order valence-corrected chi connectivity index (χ4v) is 2.47. The molecule has 0 saturated heterocycles. The van der Waals surface area contributed by atoms with E-state index in [0.717, 1.165) is 11.1 Å². The molecule has 0 spiro atoms. The van der Waals surface area contributed by atoms with E-state index in [-0.39, 0.29) is 6.42 Å². The number of carboxylic acids is 2. The predicted molar refractivity (Wildman–Crippen MR) is 98.7 cm³/mol. The maximum absolute atomic E-state index is 11.5. The number of aryl methyl sites for hydroxylation is 1. The van der Waals surface area contributed by atoms with E-state index in [4.69, 9.17) is 0 Å². The fourth-order valence-electron chi connectivity index (χ4n) is 2.47. The molecule has 0 fully saturated rings. The Balaban J connectivity index is 1.97. The van der Waals surface area contributed by atoms with Crippen molar-refractivity contribution in [2.75, 3.05) is 0 Å². The van der Waals surface area contributed by atoms with E-state index in [0.29, 0.717) is 12.8 Å². The van der Waals surface area contributed by atoms with Crippen LogP contribution in [0.25, 0.3) is 0 Å². The van der Waals surface area contributed by atoms with E-state index >= 15 is 0 Å². The van der Waals surface area contributed by atoms with Gasteiger partial charge in [-0.05, 0) is 30.5 Å². The highest BCUT2D eigenvalue weighted by Gasteiger charge is 2.25. The van der Waals surface area contributed by atoms with Crippen molar-refractivity contribution in [3.05, 3.63) is 71.8 Å². The van der Waals surface area contributed by atoms with Gasteiger partial charge in [-0.25, -0.2) is 0 Å². The van der Waals surface area contributed by atoms with Crippen LogP contribution in [0.15, 0.2) is 60.7 Å². The van der Waals surface area contributed by atoms with Crippen LogP contribution in [0.5, 0.6) is 0 Å². The number of hydrogen-bond acceptors (Lipinski definition) is 3. The zero-order valence-electron chi connectivity index (χ0n) is 14.3. The molecule has 2 rings (SSSR count). The van der Waals surface area contributed by atoms with Gasteiger partial charge in [0.2, 0.25) is 0 Å². The Kier molecular flexibility index (Phi) is 7.41. The van der Waals surface area contributed by atoms with Gasteiger partial charge in [-0.15, -0.1) is 0 Å². The molecule has 134 valence electrons. The van der Waals surface area contributed by atoms with E-state index in [1.807, 2.05) is 60.7 Å². The first-order valence-electron chi connectivity index (χ1n) is 8.36. The van der Waals surface area contributed by atoms with E-state index in [9.17, 15) is 19.8 Å². The van der Waals surface area contributed by atoms with Gasteiger partial charge in [0, 0.05) is 12.0 Å². The second-order valence-electron chi connectivity index (χ2n) is 5.84. The zero-order valence-corrected chi connectivity index (χ0v) is 14.3. The summed E-state index contributed by atoms with van der Waals surface area (Å²) in [5.74, 6) is 3.53. The molecule has 0 aliphatic carbocycles. The van der Waals surface area contributed by atoms with Crippen molar-refractivity contribution in [3.63, 3.8) is 0 Å². The summed E-state index contributed by atoms with van der Waals surface area (Å²) in [6.07, 6.45) is 0.876. The molecule has 0 aromatic heterocycles. The van der Waals surface area contributed by atoms with E-state index in [2.05, 4.69) is 17.2 Å². The average molecular weight is 351 g/mol. The maximum Gasteiger partial charge on any atom is 0.321 e. The average Bonchev–Trinajstić information content (AvgIpc) is 2.65. The van der Waals surface area contributed by atoms with E-state index in [1.54, 1.807) is 0 Å². The molecule has 0 radical (unpaired) electrons. The molecule has 0 amide bonds. The van der Waals surface area contributed by atoms with Crippen molar-refractivity contribution < 1.29 is 19.8 Å². The quantitative estimate of drug-likeness (QED) is 0.636. The predicted octanol–water partition coefficient (Wildman–Crippen LogP) is 2.56. The van der Waals surface area contributed by atoms with Crippen LogP contribution in [0.2, 0.25) is 0 Å². The minimum atomic E-state index is -1.11. The molecule has 0 aliphatic rings. The third kappa shape index (κ3) is 6.42. The Hall–Kier alpha value is -3.10. The lowest BCUT2D eigenvalue weighted by atomic mass is 10.0. The summed E-state index contributed by atoms with van der Waals surface area (Å²) >= 11 is 0. The van der Waals surface area contributed by atoms with Crippen molar-refractivity contribution in [1.29, 1.82) is 0 Å². The Labute approximate surface area is 152 Å². The number of hydrogen-bond donors (Lipinski definition) is 3. The number of rotatable bonds is 8. The lowest BCUT2D eigenvalue weighted by molar-refractivity contribution is -0.142. The van der Waals surface area contributed by atoms with E-state index < -0.39 is 24.0 Å². The summed E-state index contributed by atoms with van der Waals surface area (Å²) in [5.41, 5.74) is 1.80. The van der Waals surface area contributed by atoms with Gasteiger partial charge in [-0.2, -0.15) is 0 Å². The molecule has 2 atom stereocenters. The van der Waals surface area contributed by atoms with Crippen LogP contribution in [-0.4, -0.2) is 34.2 Å². The lowest BCUT2D eigenvalue weighted by Gasteiger charge is -2.19. The minimum absolute atomic E-state index is 0.0271. The molecule has 0 bridgehead atoms. The van der Waals surface area contributed by atoms with Crippen molar-refractivity contribution in [1.82, 2.24) is 5.32 Å². The Morgan fingerprint density at radius 1 is 0.885 bits per heavy atom. The van der Waals surface area contributed by atoms with Crippen molar-refractivity contribution in [3.8, 4) is 11.8 Å². The third-order valence-electron chi connectivity index (χ3n) is 3.88. The zero-order chi connectivity index (χ0) is 18.8. The number of nitrogens with one attached hydrogen (secondary N) is 1. The molecule has 26 heavy (non-hydrogen) atoms. The molecule has 0 heterocycles. The Bertz CT molecular complexity index is 778. The molecule has 0 aliphatic heterocycles. The molecule has 0 unspecified atom stereocenters. The monoisotopic (exact) mass is 351 g/mol. The van der Waals surface area contributed by atoms with Crippen LogP contribution >= 0.6 is 0 Å². The van der Waals surface area contributed by atoms with Crippen molar-refractivity contribution >= 4 is 11.9 Å². The summed E-state index contributed by atoms with van der Waals surface area (Å²) in [6, 6.07) is 16.7. The molecular weight excluding hydrogens is 330 g/mol. The van der Waals surface area contributed by atoms with Gasteiger partial charge in [0.25, 0.3) is 0 Å². The highest BCUT2D eigenvalue weighted by molar-refractivity contribution is 5.77. The van der Waals surface area contributed by atoms with Gasteiger partial charge < -0.3 is 10.2 Å². The normalized spacial score (nSPS) is 12.5. The lowest BCUT2D eigenvalue weighted by Crippen LogP contribution is -2.47. The topological polar surface area (TPSA) is 86.6 Å². The van der Waals surface area contributed by atoms with Crippen LogP contribution in [0.1, 0.15) is 24.0 Å². The molecule has 2 aromatic carbocycles. The minimum Gasteiger partial charge on any atom is -0.480 e. The first-order valence-corrected chi connectivity index (χ1v) is 8.36. The Morgan fingerprint density at radius 2 is 1.46 bits per heavy atom. The first kappa shape index (κ1) is 19.2. The summed E-state index contributed by atoms with van der Waals surface area (Å²) < 4.78 is 0. The largest absolute Gasteiger partial charge is 0.480 e. The first-order chi connectivity index (χ1) is 12.6. The number of aliphatic carboxylic acids is 2. The maximum atomic E-state index is 11.5. The SMILES string of the molecule is O=C(O)[C@H](CC#Cc1ccccc1)N[C@@H](CCc1ccccc1)C(=O)O. The van der Waals surface area contributed by atoms with Crippen molar-refractivity contribution in [2.24, 2.45) is 0 Å². The summed E-state index contributed by atoms with van der Waals surface area (Å²) in [6.45, 7) is 0. The van der Waals surface area contributed by atoms with Gasteiger partial charge >= 0.3 is 11.9 Å². The van der Waals surface area contributed by atoms with Gasteiger partial charge in [0.1, 0.15) is 12.1 Å². The molecule has 2 aromatic rings. The fraction of sp³-hybridized carbons (Fsp3) is 0.238. The van der Waals surface area contributed by atoms with Gasteiger partial charge in [0.05, 0.1) is 0 Å². The summed E-state index contributed by atoms with van der Waals surface area (Å²) in [5, 5.41) is 21.5. The third-order valence-corrected chi connectivity index (χ3v) is 3.88. The number of carboxylic acid groups (broad SMARTS) is 2. The van der Waals surface area contributed by atoms with Crippen LogP contribution < -0.4 is 5.32 Å². The van der Waals surface area contributed by atoms with Gasteiger partial charge in [-0.1, -0.05) is 60.4 Å². The highest BCUT2D eigenvalue weighted by Crippen LogP contribution is 2.07. The highest BCUT2D eigenvalue weighted by atomic mass is 16.4. The standard InChI is InChI=1S/C21H21NO4/c23-20(24)18(13-7-12-16-8-3-1-4-9-16)22-19(21(25)26)15-14-17-10-5-2-6-11-17/h1-6,8-11,18-19,22H,13-15H2,(H,23,24)(H,25,26)/t18-,19-/m0/s1. The van der Waals surface area contributed by atoms with E-state index in [1.165, 1.54) is 0 Å². The van der Waals surface area contributed by atoms with Crippen LogP contribution in [0.4, 0.5) is 0 Å². The van der Waals surface area contributed by atoms with Crippen LogP contribution in [-0.2, 0) is 16.0 Å². The smallest absolute Gasteiger partial charge is 0.321 e. The number of carbonyl (C=O) groups is 2. The van der Waals surface area contributed by atoms with Crippen molar-refractivity contribution in [2.45, 2.75) is 31.3 Å². The Morgan fingerprint density at radius 3 is 2.04 bits per heavy atom. The van der Waals surface area contributed by atoms with Gasteiger partial charge in [0.15, 0.2) is 0 Å². The summed E-state index contributed by atoms with van der Waals surface area (Å²) in [7, 11) is 0. The van der Waals surface area contributed by atoms with Crippen LogP contribution in [0.3, 0.4) is 0 Å². The second kappa shape index (κ2) is 10.0. The molecule has 3 N–H and O–H groups in total. The van der Waals surface area contributed by atoms with Crippen LogP contribution in [0, 0.1) is 11.8 Å². The van der Waals surface area contributed by atoms with Gasteiger partial charge in [-0.3, -0.25) is 14.9 Å². The molecule has 5 heteroatoms. The molecular formula is C21H21NO4. The second-order valence-corrected chi connectivity index (χ2v) is 5.84. The number of benzene rings is 2. The molecule has 5 nitrogen and oxygen atoms in total.